The molecule has 0 unspecified atom stereocenters. The highest BCUT2D eigenvalue weighted by Gasteiger charge is 2.13. The van der Waals surface area contributed by atoms with Crippen molar-refractivity contribution in [2.75, 3.05) is 0 Å². The molecule has 0 aliphatic carbocycles. The summed E-state index contributed by atoms with van der Waals surface area (Å²) in [5, 5.41) is 10.9. The molecule has 0 aliphatic rings. The van der Waals surface area contributed by atoms with Gasteiger partial charge in [-0.2, -0.15) is 0 Å². The van der Waals surface area contributed by atoms with Crippen molar-refractivity contribution >= 4 is 35.7 Å². The number of aromatic nitrogens is 4. The van der Waals surface area contributed by atoms with Crippen molar-refractivity contribution in [1.29, 1.82) is 0 Å². The molecule has 0 fully saturated rings. The van der Waals surface area contributed by atoms with Crippen LogP contribution >= 0.6 is 23.8 Å². The van der Waals surface area contributed by atoms with Gasteiger partial charge in [-0.05, 0) is 30.4 Å². The lowest BCUT2D eigenvalue weighted by Crippen LogP contribution is -2.21. The van der Waals surface area contributed by atoms with E-state index in [0.29, 0.717) is 10.7 Å². The Hall–Kier alpha value is -3.24. The minimum atomic E-state index is -0.747. The maximum atomic E-state index is 12.1. The third-order valence-corrected chi connectivity index (χ3v) is 3.84. The fourth-order valence-corrected chi connectivity index (χ4v) is 2.61. The number of nitrogens with zero attached hydrogens (tertiary/aromatic N) is 2. The van der Waals surface area contributed by atoms with Crippen LogP contribution in [0.1, 0.15) is 5.56 Å². The largest absolute Gasteiger partial charge is 0.494 e. The molecule has 0 saturated carbocycles. The van der Waals surface area contributed by atoms with Crippen LogP contribution in [0.5, 0.6) is 5.88 Å². The van der Waals surface area contributed by atoms with Gasteiger partial charge in [0.05, 0.1) is 5.69 Å². The highest BCUT2D eigenvalue weighted by molar-refractivity contribution is 7.71. The van der Waals surface area contributed by atoms with Gasteiger partial charge in [-0.3, -0.25) is 24.1 Å². The zero-order chi connectivity index (χ0) is 18.8. The van der Waals surface area contributed by atoms with Crippen LogP contribution in [0.25, 0.3) is 5.69 Å². The van der Waals surface area contributed by atoms with Crippen LogP contribution in [0.4, 0.5) is 5.69 Å². The average Bonchev–Trinajstić information content (AvgIpc) is 2.56. The summed E-state index contributed by atoms with van der Waals surface area (Å²) >= 11 is 11.0. The summed E-state index contributed by atoms with van der Waals surface area (Å²) in [6.45, 7) is 0. The lowest BCUT2D eigenvalue weighted by Gasteiger charge is -2.11. The van der Waals surface area contributed by atoms with Crippen LogP contribution in [-0.4, -0.2) is 30.8 Å². The Balaban J connectivity index is 2.17. The van der Waals surface area contributed by atoms with E-state index >= 15 is 0 Å². The molecule has 2 heterocycles. The van der Waals surface area contributed by atoms with Gasteiger partial charge in [0.25, 0.3) is 11.1 Å². The maximum absolute atomic E-state index is 12.1. The first-order chi connectivity index (χ1) is 12.4. The Morgan fingerprint density at radius 2 is 1.96 bits per heavy atom. The molecule has 11 heteroatoms. The molecule has 9 nitrogen and oxygen atoms in total. The Morgan fingerprint density at radius 3 is 2.65 bits per heavy atom. The van der Waals surface area contributed by atoms with Gasteiger partial charge >= 0.3 is 5.69 Å². The van der Waals surface area contributed by atoms with Crippen molar-refractivity contribution in [1.82, 2.24) is 19.5 Å². The summed E-state index contributed by atoms with van der Waals surface area (Å²) in [5.74, 6) is -0.481. The SMILES string of the molecule is O=c1[nH]cc(N=Cc2c(O)n(-c3cccc(Cl)c3)c(=S)[nH]c2=O)c(=O)[nH]1. The minimum Gasteiger partial charge on any atom is -0.494 e. The normalized spacial score (nSPS) is 11.1. The molecule has 132 valence electrons. The zero-order valence-corrected chi connectivity index (χ0v) is 14.4. The Kier molecular flexibility index (Phi) is 4.69. The van der Waals surface area contributed by atoms with Gasteiger partial charge in [-0.25, -0.2) is 9.79 Å². The summed E-state index contributed by atoms with van der Waals surface area (Å²) in [7, 11) is 0. The quantitative estimate of drug-likeness (QED) is 0.395. The van der Waals surface area contributed by atoms with E-state index in [-0.39, 0.29) is 16.0 Å². The molecule has 0 aliphatic heterocycles. The first-order valence-electron chi connectivity index (χ1n) is 7.07. The number of aromatic hydroxyl groups is 1. The van der Waals surface area contributed by atoms with Crippen molar-refractivity contribution in [2.24, 2.45) is 4.99 Å². The molecular formula is C15H10ClN5O4S. The van der Waals surface area contributed by atoms with E-state index in [1.807, 2.05) is 4.98 Å². The summed E-state index contributed by atoms with van der Waals surface area (Å²) in [5.41, 5.74) is -2.10. The minimum absolute atomic E-state index is 0.0474. The van der Waals surface area contributed by atoms with Gasteiger partial charge in [-0.15, -0.1) is 0 Å². The van der Waals surface area contributed by atoms with Crippen LogP contribution in [0.3, 0.4) is 0 Å². The van der Waals surface area contributed by atoms with E-state index in [0.717, 1.165) is 12.4 Å². The summed E-state index contributed by atoms with van der Waals surface area (Å²) in [4.78, 5) is 45.2. The molecule has 1 aromatic carbocycles. The van der Waals surface area contributed by atoms with Gasteiger partial charge in [0.1, 0.15) is 11.3 Å². The Morgan fingerprint density at radius 1 is 1.19 bits per heavy atom. The molecule has 3 rings (SSSR count). The van der Waals surface area contributed by atoms with Gasteiger partial charge in [0.15, 0.2) is 4.77 Å². The third kappa shape index (κ3) is 3.41. The Bertz CT molecular complexity index is 1250. The number of hydrogen-bond acceptors (Lipinski definition) is 6. The number of benzene rings is 1. The highest BCUT2D eigenvalue weighted by Crippen LogP contribution is 2.21. The summed E-state index contributed by atoms with van der Waals surface area (Å²) < 4.78 is 1.15. The van der Waals surface area contributed by atoms with Gasteiger partial charge in [0.2, 0.25) is 5.88 Å². The molecule has 0 bridgehead atoms. The summed E-state index contributed by atoms with van der Waals surface area (Å²) in [6, 6.07) is 6.47. The van der Waals surface area contributed by atoms with Crippen molar-refractivity contribution in [3.05, 3.63) is 77.0 Å². The zero-order valence-electron chi connectivity index (χ0n) is 12.8. The third-order valence-electron chi connectivity index (χ3n) is 3.32. The average molecular weight is 392 g/mol. The van der Waals surface area contributed by atoms with Crippen molar-refractivity contribution in [3.63, 3.8) is 0 Å². The second-order valence-corrected chi connectivity index (χ2v) is 5.85. The van der Waals surface area contributed by atoms with Gasteiger partial charge in [-0.1, -0.05) is 17.7 Å². The lowest BCUT2D eigenvalue weighted by molar-refractivity contribution is 0.432. The number of rotatable bonds is 3. The number of nitrogens with one attached hydrogen (secondary N) is 3. The predicted octanol–water partition coefficient (Wildman–Crippen LogP) is 1.38. The van der Waals surface area contributed by atoms with E-state index in [4.69, 9.17) is 23.8 Å². The topological polar surface area (TPSA) is 136 Å². The molecule has 3 aromatic rings. The second kappa shape index (κ2) is 6.94. The standard InChI is InChI=1S/C15H10ClN5O4S/c16-7-2-1-3-8(4-7)21-13(24)9(11(22)20-15(21)26)5-17-10-6-18-14(25)19-12(10)23/h1-6,24H,(H,20,22,26)(H2,18,19,23,25). The summed E-state index contributed by atoms with van der Waals surface area (Å²) in [6.07, 6.45) is 2.07. The number of aromatic amines is 3. The van der Waals surface area contributed by atoms with Gasteiger partial charge < -0.3 is 10.1 Å². The fraction of sp³-hybridized carbons (Fsp3) is 0. The molecule has 0 spiro atoms. The van der Waals surface area contributed by atoms with Crippen LogP contribution in [0.15, 0.2) is 49.8 Å². The van der Waals surface area contributed by atoms with Crippen molar-refractivity contribution < 1.29 is 5.11 Å². The smallest absolute Gasteiger partial charge is 0.325 e. The van der Waals surface area contributed by atoms with Crippen LogP contribution in [0.2, 0.25) is 5.02 Å². The van der Waals surface area contributed by atoms with E-state index in [1.165, 1.54) is 4.57 Å². The molecular weight excluding hydrogens is 382 g/mol. The van der Waals surface area contributed by atoms with Crippen molar-refractivity contribution in [2.45, 2.75) is 0 Å². The van der Waals surface area contributed by atoms with E-state index < -0.39 is 22.7 Å². The maximum Gasteiger partial charge on any atom is 0.325 e. The van der Waals surface area contributed by atoms with Crippen LogP contribution < -0.4 is 16.8 Å². The number of aliphatic imine (C=N–C) groups is 1. The molecule has 2 aromatic heterocycles. The first-order valence-corrected chi connectivity index (χ1v) is 7.86. The fourth-order valence-electron chi connectivity index (χ4n) is 2.14. The van der Waals surface area contributed by atoms with E-state index in [1.54, 1.807) is 24.3 Å². The van der Waals surface area contributed by atoms with Crippen LogP contribution in [0, 0.1) is 4.77 Å². The monoisotopic (exact) mass is 391 g/mol. The predicted molar refractivity (Wildman–Crippen MR) is 98.8 cm³/mol. The van der Waals surface area contributed by atoms with E-state index in [2.05, 4.69) is 15.0 Å². The molecule has 26 heavy (non-hydrogen) atoms. The number of halogens is 1. The second-order valence-electron chi connectivity index (χ2n) is 5.03. The first kappa shape index (κ1) is 17.6. The van der Waals surface area contributed by atoms with E-state index in [9.17, 15) is 19.5 Å². The van der Waals surface area contributed by atoms with Crippen molar-refractivity contribution in [3.8, 4) is 11.6 Å². The molecule has 0 amide bonds. The molecule has 0 radical (unpaired) electrons. The molecule has 0 atom stereocenters. The Labute approximate surface area is 154 Å². The van der Waals surface area contributed by atoms with Crippen LogP contribution in [-0.2, 0) is 0 Å². The molecule has 4 N–H and O–H groups in total. The lowest BCUT2D eigenvalue weighted by atomic mass is 10.3. The number of hydrogen-bond donors (Lipinski definition) is 4. The van der Waals surface area contributed by atoms with Gasteiger partial charge in [0, 0.05) is 17.4 Å². The molecule has 0 saturated heterocycles. The number of H-pyrrole nitrogens is 3. The highest BCUT2D eigenvalue weighted by atomic mass is 35.5.